The molecule has 0 aliphatic carbocycles. The quantitative estimate of drug-likeness (QED) is 0.527. The number of anilines is 1. The number of Topliss-reactive ketones (excluding diaryl/α,β-unsaturated/α-hetero) is 1. The molecule has 0 aliphatic rings. The van der Waals surface area contributed by atoms with E-state index in [1.54, 1.807) is 12.1 Å². The minimum atomic E-state index is -0.611. The lowest BCUT2D eigenvalue weighted by molar-refractivity contribution is 0.0475. The van der Waals surface area contributed by atoms with E-state index >= 15 is 0 Å². The summed E-state index contributed by atoms with van der Waals surface area (Å²) in [5, 5.41) is 0. The third-order valence-electron chi connectivity index (χ3n) is 2.65. The van der Waals surface area contributed by atoms with Gasteiger partial charge in [0.1, 0.15) is 5.82 Å². The molecule has 0 spiro atoms. The van der Waals surface area contributed by atoms with Gasteiger partial charge in [-0.2, -0.15) is 0 Å². The Morgan fingerprint density at radius 1 is 0.950 bits per heavy atom. The second-order valence-electron chi connectivity index (χ2n) is 4.13. The number of hydrogen-bond acceptors (Lipinski definition) is 4. The number of carbonyl (C=O) groups excluding carboxylic acids is 2. The van der Waals surface area contributed by atoms with Crippen LogP contribution in [0.3, 0.4) is 0 Å². The molecule has 0 heterocycles. The van der Waals surface area contributed by atoms with Gasteiger partial charge in [-0.05, 0) is 48.5 Å². The molecule has 0 radical (unpaired) electrons. The smallest absolute Gasteiger partial charge is 0.338 e. The van der Waals surface area contributed by atoms with Crippen LogP contribution in [0.4, 0.5) is 10.1 Å². The number of nitrogens with two attached hydrogens (primary N) is 1. The van der Waals surface area contributed by atoms with Gasteiger partial charge in [0.05, 0.1) is 5.56 Å². The first kappa shape index (κ1) is 13.7. The van der Waals surface area contributed by atoms with Crippen LogP contribution in [0.1, 0.15) is 20.7 Å². The molecule has 0 amide bonds. The predicted molar refractivity (Wildman–Crippen MR) is 71.9 cm³/mol. The second kappa shape index (κ2) is 5.97. The van der Waals surface area contributed by atoms with E-state index in [1.165, 1.54) is 36.4 Å². The van der Waals surface area contributed by atoms with E-state index in [9.17, 15) is 14.0 Å². The molecule has 2 N–H and O–H groups in total. The predicted octanol–water partition coefficient (Wildman–Crippen LogP) is 2.45. The fourth-order valence-electron chi connectivity index (χ4n) is 1.55. The molecule has 0 atom stereocenters. The Morgan fingerprint density at radius 2 is 1.50 bits per heavy atom. The van der Waals surface area contributed by atoms with Gasteiger partial charge in [0, 0.05) is 11.3 Å². The van der Waals surface area contributed by atoms with Crippen LogP contribution in [0.15, 0.2) is 48.5 Å². The molecule has 0 saturated heterocycles. The molecule has 0 aromatic heterocycles. The first-order valence-corrected chi connectivity index (χ1v) is 5.87. The summed E-state index contributed by atoms with van der Waals surface area (Å²) in [6, 6.07) is 11.2. The lowest BCUT2D eigenvalue weighted by Crippen LogP contribution is -2.14. The van der Waals surface area contributed by atoms with Crippen molar-refractivity contribution in [3.8, 4) is 0 Å². The number of nitrogen functional groups attached to an aromatic ring is 1. The average molecular weight is 273 g/mol. The summed E-state index contributed by atoms with van der Waals surface area (Å²) in [5.41, 5.74) is 6.63. The summed E-state index contributed by atoms with van der Waals surface area (Å²) >= 11 is 0. The number of rotatable bonds is 4. The van der Waals surface area contributed by atoms with Gasteiger partial charge in [0.2, 0.25) is 0 Å². The van der Waals surface area contributed by atoms with Crippen molar-refractivity contribution in [2.24, 2.45) is 0 Å². The standard InChI is InChI=1S/C15H12FNO3/c16-12-5-1-10(2-6-12)14(18)9-20-15(19)11-3-7-13(17)8-4-11/h1-8H,9,17H2. The fraction of sp³-hybridized carbons (Fsp3) is 0.0667. The van der Waals surface area contributed by atoms with Crippen LogP contribution in [0.2, 0.25) is 0 Å². The maximum Gasteiger partial charge on any atom is 0.338 e. The van der Waals surface area contributed by atoms with Gasteiger partial charge < -0.3 is 10.5 Å². The molecule has 0 saturated carbocycles. The minimum absolute atomic E-state index is 0.288. The first-order valence-electron chi connectivity index (χ1n) is 5.87. The molecule has 0 fully saturated rings. The maximum absolute atomic E-state index is 12.7. The maximum atomic E-state index is 12.7. The molecule has 0 bridgehead atoms. The zero-order chi connectivity index (χ0) is 14.5. The van der Waals surface area contributed by atoms with Crippen molar-refractivity contribution in [3.63, 3.8) is 0 Å². The molecule has 20 heavy (non-hydrogen) atoms. The summed E-state index contributed by atoms with van der Waals surface area (Å²) in [6.45, 7) is -0.394. The van der Waals surface area contributed by atoms with Crippen LogP contribution < -0.4 is 5.73 Å². The SMILES string of the molecule is Nc1ccc(C(=O)OCC(=O)c2ccc(F)cc2)cc1. The van der Waals surface area contributed by atoms with E-state index in [4.69, 9.17) is 10.5 Å². The third-order valence-corrected chi connectivity index (χ3v) is 2.65. The van der Waals surface area contributed by atoms with Crippen LogP contribution in [-0.2, 0) is 4.74 Å². The Kier molecular flexibility index (Phi) is 4.10. The number of esters is 1. The van der Waals surface area contributed by atoms with Gasteiger partial charge in [-0.1, -0.05) is 0 Å². The molecular weight excluding hydrogens is 261 g/mol. The Morgan fingerprint density at radius 3 is 2.10 bits per heavy atom. The van der Waals surface area contributed by atoms with Crippen molar-refractivity contribution in [2.45, 2.75) is 0 Å². The Hall–Kier alpha value is -2.69. The Balaban J connectivity index is 1.94. The van der Waals surface area contributed by atoms with Crippen LogP contribution in [0, 0.1) is 5.82 Å². The van der Waals surface area contributed by atoms with Crippen LogP contribution >= 0.6 is 0 Å². The van der Waals surface area contributed by atoms with Crippen LogP contribution in [-0.4, -0.2) is 18.4 Å². The molecule has 2 aromatic rings. The normalized spacial score (nSPS) is 10.1. The van der Waals surface area contributed by atoms with Crippen LogP contribution in [0.5, 0.6) is 0 Å². The molecule has 0 unspecified atom stereocenters. The molecule has 2 rings (SSSR count). The topological polar surface area (TPSA) is 69.4 Å². The van der Waals surface area contributed by atoms with Crippen LogP contribution in [0.25, 0.3) is 0 Å². The highest BCUT2D eigenvalue weighted by Crippen LogP contribution is 2.08. The zero-order valence-corrected chi connectivity index (χ0v) is 10.5. The van der Waals surface area contributed by atoms with E-state index in [0.717, 1.165) is 0 Å². The van der Waals surface area contributed by atoms with E-state index in [1.807, 2.05) is 0 Å². The lowest BCUT2D eigenvalue weighted by Gasteiger charge is -2.04. The van der Waals surface area contributed by atoms with Gasteiger partial charge in [-0.3, -0.25) is 4.79 Å². The highest BCUT2D eigenvalue weighted by atomic mass is 19.1. The molecule has 102 valence electrons. The third kappa shape index (κ3) is 3.41. The zero-order valence-electron chi connectivity index (χ0n) is 10.5. The number of carbonyl (C=O) groups is 2. The van der Waals surface area contributed by atoms with E-state index in [-0.39, 0.29) is 5.56 Å². The minimum Gasteiger partial charge on any atom is -0.454 e. The van der Waals surface area contributed by atoms with E-state index in [0.29, 0.717) is 11.3 Å². The molecular formula is C15H12FNO3. The first-order chi connectivity index (χ1) is 9.56. The number of hydrogen-bond donors (Lipinski definition) is 1. The number of ether oxygens (including phenoxy) is 1. The number of ketones is 1. The van der Waals surface area contributed by atoms with Crippen molar-refractivity contribution in [3.05, 3.63) is 65.5 Å². The summed E-state index contributed by atoms with van der Waals surface area (Å²) in [6.07, 6.45) is 0. The summed E-state index contributed by atoms with van der Waals surface area (Å²) in [7, 11) is 0. The fourth-order valence-corrected chi connectivity index (χ4v) is 1.55. The number of benzene rings is 2. The summed E-state index contributed by atoms with van der Waals surface area (Å²) in [5.74, 6) is -1.44. The van der Waals surface area contributed by atoms with Gasteiger partial charge in [-0.15, -0.1) is 0 Å². The summed E-state index contributed by atoms with van der Waals surface area (Å²) in [4.78, 5) is 23.4. The second-order valence-corrected chi connectivity index (χ2v) is 4.13. The van der Waals surface area contributed by atoms with Gasteiger partial charge >= 0.3 is 5.97 Å². The highest BCUT2D eigenvalue weighted by molar-refractivity contribution is 5.99. The van der Waals surface area contributed by atoms with Gasteiger partial charge in [0.15, 0.2) is 12.4 Å². The molecule has 2 aromatic carbocycles. The van der Waals surface area contributed by atoms with Crippen molar-refractivity contribution < 1.29 is 18.7 Å². The van der Waals surface area contributed by atoms with Gasteiger partial charge in [0.25, 0.3) is 0 Å². The highest BCUT2D eigenvalue weighted by Gasteiger charge is 2.11. The van der Waals surface area contributed by atoms with E-state index in [2.05, 4.69) is 0 Å². The Labute approximate surface area is 115 Å². The largest absolute Gasteiger partial charge is 0.454 e. The monoisotopic (exact) mass is 273 g/mol. The van der Waals surface area contributed by atoms with Gasteiger partial charge in [-0.25, -0.2) is 9.18 Å². The van der Waals surface area contributed by atoms with Crippen molar-refractivity contribution in [1.82, 2.24) is 0 Å². The average Bonchev–Trinajstić information content (AvgIpc) is 2.46. The van der Waals surface area contributed by atoms with Crippen molar-refractivity contribution >= 4 is 17.4 Å². The molecule has 4 nitrogen and oxygen atoms in total. The summed E-state index contributed by atoms with van der Waals surface area (Å²) < 4.78 is 17.6. The van der Waals surface area contributed by atoms with Crippen molar-refractivity contribution in [2.75, 3.05) is 12.3 Å². The van der Waals surface area contributed by atoms with Crippen molar-refractivity contribution in [1.29, 1.82) is 0 Å². The molecule has 5 heteroatoms. The lowest BCUT2D eigenvalue weighted by atomic mass is 10.1. The van der Waals surface area contributed by atoms with E-state index < -0.39 is 24.2 Å². The molecule has 0 aliphatic heterocycles. The Bertz CT molecular complexity index is 563. The number of halogens is 1.